The molecule has 22 heavy (non-hydrogen) atoms. The highest BCUT2D eigenvalue weighted by Crippen LogP contribution is 2.25. The molecule has 0 amide bonds. The summed E-state index contributed by atoms with van der Waals surface area (Å²) >= 11 is 1.20. The molecule has 0 radical (unpaired) electrons. The summed E-state index contributed by atoms with van der Waals surface area (Å²) in [6.07, 6.45) is 0. The van der Waals surface area contributed by atoms with Gasteiger partial charge < -0.3 is 10.4 Å². The average molecular weight is 311 g/mol. The first-order valence-corrected chi connectivity index (χ1v) is 7.41. The molecular weight excluding hydrogens is 298 g/mol. The van der Waals surface area contributed by atoms with Crippen molar-refractivity contribution in [2.24, 2.45) is 0 Å². The normalized spacial score (nSPS) is 10.4. The number of carbonyl (C=O) groups is 1. The molecule has 0 bridgehead atoms. The zero-order valence-corrected chi connectivity index (χ0v) is 12.6. The summed E-state index contributed by atoms with van der Waals surface area (Å²) in [7, 11) is 0. The lowest BCUT2D eigenvalue weighted by molar-refractivity contribution is 0.0698. The Balaban J connectivity index is 1.86. The van der Waals surface area contributed by atoms with Gasteiger partial charge in [-0.15, -0.1) is 0 Å². The Morgan fingerprint density at radius 2 is 1.86 bits per heavy atom. The van der Waals surface area contributed by atoms with Crippen LogP contribution in [0.5, 0.6) is 0 Å². The van der Waals surface area contributed by atoms with Crippen LogP contribution >= 0.6 is 11.5 Å². The maximum Gasteiger partial charge on any atom is 0.337 e. The minimum atomic E-state index is -0.980. The molecule has 2 N–H and O–H groups in total. The van der Waals surface area contributed by atoms with Crippen molar-refractivity contribution in [2.45, 2.75) is 6.92 Å². The molecule has 0 saturated carbocycles. The van der Waals surface area contributed by atoms with E-state index in [-0.39, 0.29) is 5.56 Å². The number of carboxylic acids is 1. The van der Waals surface area contributed by atoms with E-state index >= 15 is 0 Å². The van der Waals surface area contributed by atoms with Crippen LogP contribution in [0.2, 0.25) is 0 Å². The minimum Gasteiger partial charge on any atom is -0.478 e. The molecule has 1 heterocycles. The van der Waals surface area contributed by atoms with Crippen LogP contribution < -0.4 is 5.32 Å². The topological polar surface area (TPSA) is 75.1 Å². The Bertz CT molecular complexity index is 812. The van der Waals surface area contributed by atoms with Crippen LogP contribution in [-0.2, 0) is 0 Å². The highest BCUT2D eigenvalue weighted by atomic mass is 32.1. The summed E-state index contributed by atoms with van der Waals surface area (Å²) in [5, 5.41) is 12.8. The van der Waals surface area contributed by atoms with Gasteiger partial charge in [0.15, 0.2) is 5.82 Å². The fraction of sp³-hybridized carbons (Fsp3) is 0.0625. The van der Waals surface area contributed by atoms with E-state index in [4.69, 9.17) is 0 Å². The van der Waals surface area contributed by atoms with Crippen molar-refractivity contribution >= 4 is 28.3 Å². The predicted molar refractivity (Wildman–Crippen MR) is 86.8 cm³/mol. The standard InChI is InChI=1S/C16H13N3O2S/c1-10-6-8-11(9-7-10)14-18-16(22-19-14)17-13-5-3-2-4-12(13)15(20)21/h2-9H,1H3,(H,20,21)(H,17,18,19). The van der Waals surface area contributed by atoms with Gasteiger partial charge in [0.25, 0.3) is 0 Å². The molecule has 0 atom stereocenters. The number of para-hydroxylation sites is 1. The predicted octanol–water partition coefficient (Wildman–Crippen LogP) is 3.96. The van der Waals surface area contributed by atoms with Gasteiger partial charge >= 0.3 is 5.97 Å². The van der Waals surface area contributed by atoms with Crippen molar-refractivity contribution in [2.75, 3.05) is 5.32 Å². The number of carboxylic acid groups (broad SMARTS) is 1. The van der Waals surface area contributed by atoms with Gasteiger partial charge in [-0.2, -0.15) is 9.36 Å². The molecule has 110 valence electrons. The first-order chi connectivity index (χ1) is 10.6. The van der Waals surface area contributed by atoms with Crippen LogP contribution in [0.15, 0.2) is 48.5 Å². The summed E-state index contributed by atoms with van der Waals surface area (Å²) in [6.45, 7) is 2.02. The maximum atomic E-state index is 11.2. The first kappa shape index (κ1) is 14.2. The quantitative estimate of drug-likeness (QED) is 0.763. The van der Waals surface area contributed by atoms with Crippen LogP contribution in [-0.4, -0.2) is 20.4 Å². The fourth-order valence-electron chi connectivity index (χ4n) is 1.99. The van der Waals surface area contributed by atoms with E-state index in [1.165, 1.54) is 17.1 Å². The van der Waals surface area contributed by atoms with Crippen molar-refractivity contribution in [3.8, 4) is 11.4 Å². The van der Waals surface area contributed by atoms with Gasteiger partial charge in [0.05, 0.1) is 11.3 Å². The van der Waals surface area contributed by atoms with Gasteiger partial charge in [-0.25, -0.2) is 4.79 Å². The molecule has 5 nitrogen and oxygen atoms in total. The maximum absolute atomic E-state index is 11.2. The minimum absolute atomic E-state index is 0.203. The van der Waals surface area contributed by atoms with Gasteiger partial charge in [-0.05, 0) is 19.1 Å². The third kappa shape index (κ3) is 2.96. The summed E-state index contributed by atoms with van der Waals surface area (Å²) in [6, 6.07) is 14.7. The lowest BCUT2D eigenvalue weighted by Crippen LogP contribution is -2.02. The molecule has 0 unspecified atom stereocenters. The van der Waals surface area contributed by atoms with Crippen LogP contribution in [0.25, 0.3) is 11.4 Å². The highest BCUT2D eigenvalue weighted by Gasteiger charge is 2.12. The van der Waals surface area contributed by atoms with E-state index in [0.717, 1.165) is 5.56 Å². The van der Waals surface area contributed by atoms with E-state index in [1.807, 2.05) is 31.2 Å². The van der Waals surface area contributed by atoms with E-state index < -0.39 is 5.97 Å². The first-order valence-electron chi connectivity index (χ1n) is 6.63. The SMILES string of the molecule is Cc1ccc(-c2nsc(Nc3ccccc3C(=O)O)n2)cc1. The summed E-state index contributed by atoms with van der Waals surface area (Å²) < 4.78 is 4.31. The van der Waals surface area contributed by atoms with E-state index in [1.54, 1.807) is 24.3 Å². The molecule has 0 aliphatic carbocycles. The molecule has 0 saturated heterocycles. The number of nitrogens with zero attached hydrogens (tertiary/aromatic N) is 2. The molecule has 3 aromatic rings. The number of anilines is 2. The Labute approximate surface area is 131 Å². The lowest BCUT2D eigenvalue weighted by Gasteiger charge is -2.05. The molecular formula is C16H13N3O2S. The van der Waals surface area contributed by atoms with Crippen molar-refractivity contribution in [1.29, 1.82) is 0 Å². The Morgan fingerprint density at radius 3 is 2.59 bits per heavy atom. The zero-order chi connectivity index (χ0) is 15.5. The number of aromatic nitrogens is 2. The summed E-state index contributed by atoms with van der Waals surface area (Å²) in [4.78, 5) is 15.6. The number of nitrogens with one attached hydrogen (secondary N) is 1. The third-order valence-electron chi connectivity index (χ3n) is 3.13. The Kier molecular flexibility index (Phi) is 3.84. The van der Waals surface area contributed by atoms with Crippen molar-refractivity contribution in [3.05, 3.63) is 59.7 Å². The van der Waals surface area contributed by atoms with Gasteiger partial charge in [0.2, 0.25) is 5.13 Å². The zero-order valence-electron chi connectivity index (χ0n) is 11.8. The number of aromatic carboxylic acids is 1. The van der Waals surface area contributed by atoms with Crippen molar-refractivity contribution in [1.82, 2.24) is 9.36 Å². The smallest absolute Gasteiger partial charge is 0.337 e. The van der Waals surface area contributed by atoms with Crippen LogP contribution in [0.1, 0.15) is 15.9 Å². The Morgan fingerprint density at radius 1 is 1.14 bits per heavy atom. The summed E-state index contributed by atoms with van der Waals surface area (Å²) in [5.74, 6) is -0.355. The second-order valence-corrected chi connectivity index (χ2v) is 5.52. The van der Waals surface area contributed by atoms with E-state index in [2.05, 4.69) is 14.7 Å². The molecule has 0 aliphatic heterocycles. The fourth-order valence-corrected chi connectivity index (χ4v) is 2.59. The number of aryl methyl sites for hydroxylation is 1. The Hall–Kier alpha value is -2.73. The van der Waals surface area contributed by atoms with E-state index in [9.17, 15) is 9.90 Å². The molecule has 6 heteroatoms. The molecule has 0 aliphatic rings. The molecule has 1 aromatic heterocycles. The molecule has 3 rings (SSSR count). The monoisotopic (exact) mass is 311 g/mol. The van der Waals surface area contributed by atoms with Gasteiger partial charge in [-0.1, -0.05) is 42.0 Å². The van der Waals surface area contributed by atoms with E-state index in [0.29, 0.717) is 16.6 Å². The second kappa shape index (κ2) is 5.95. The van der Waals surface area contributed by atoms with Crippen LogP contribution in [0.4, 0.5) is 10.8 Å². The number of hydrogen-bond acceptors (Lipinski definition) is 5. The van der Waals surface area contributed by atoms with Crippen molar-refractivity contribution in [3.63, 3.8) is 0 Å². The third-order valence-corrected chi connectivity index (χ3v) is 3.77. The lowest BCUT2D eigenvalue weighted by atomic mass is 10.1. The van der Waals surface area contributed by atoms with Gasteiger partial charge in [-0.3, -0.25) is 0 Å². The van der Waals surface area contributed by atoms with Gasteiger partial charge in [0, 0.05) is 17.1 Å². The van der Waals surface area contributed by atoms with Gasteiger partial charge in [0.1, 0.15) is 0 Å². The molecule has 2 aromatic carbocycles. The molecule has 0 fully saturated rings. The number of hydrogen-bond donors (Lipinski definition) is 2. The molecule has 0 spiro atoms. The van der Waals surface area contributed by atoms with Crippen LogP contribution in [0, 0.1) is 6.92 Å². The number of rotatable bonds is 4. The van der Waals surface area contributed by atoms with Crippen LogP contribution in [0.3, 0.4) is 0 Å². The largest absolute Gasteiger partial charge is 0.478 e. The average Bonchev–Trinajstić information content (AvgIpc) is 2.97. The van der Waals surface area contributed by atoms with Crippen molar-refractivity contribution < 1.29 is 9.90 Å². The summed E-state index contributed by atoms with van der Waals surface area (Å²) in [5.41, 5.74) is 2.81. The number of benzene rings is 2. The second-order valence-electron chi connectivity index (χ2n) is 4.76. The highest BCUT2D eigenvalue weighted by molar-refractivity contribution is 7.10.